The Morgan fingerprint density at radius 2 is 1.29 bits per heavy atom. The quantitative estimate of drug-likeness (QED) is 0.101. The third-order valence-corrected chi connectivity index (χ3v) is 12.2. The Bertz CT molecular complexity index is 2340. The summed E-state index contributed by atoms with van der Waals surface area (Å²) < 4.78 is 5.26. The second kappa shape index (κ2) is 17.8. The van der Waals surface area contributed by atoms with Crippen LogP contribution in [-0.2, 0) is 20.7 Å². The van der Waals surface area contributed by atoms with E-state index < -0.39 is 12.2 Å². The van der Waals surface area contributed by atoms with Crippen molar-refractivity contribution in [2.45, 2.75) is 70.2 Å². The molecule has 8 rings (SSSR count). The van der Waals surface area contributed by atoms with Crippen LogP contribution in [0.25, 0.3) is 33.6 Å². The van der Waals surface area contributed by atoms with Crippen molar-refractivity contribution in [1.29, 1.82) is 0 Å². The van der Waals surface area contributed by atoms with Gasteiger partial charge in [-0.15, -0.1) is 11.3 Å². The summed E-state index contributed by atoms with van der Waals surface area (Å²) in [5.41, 5.74) is 14.6. The van der Waals surface area contributed by atoms with Crippen molar-refractivity contribution in [3.63, 3.8) is 0 Å². The van der Waals surface area contributed by atoms with E-state index in [9.17, 15) is 14.4 Å². The highest BCUT2D eigenvalue weighted by Gasteiger charge is 2.39. The van der Waals surface area contributed by atoms with Gasteiger partial charge < -0.3 is 30.2 Å². The molecule has 2 aliphatic rings. The first-order chi connectivity index (χ1) is 28.8. The van der Waals surface area contributed by atoms with Gasteiger partial charge in [-0.3, -0.25) is 14.5 Å². The lowest BCUT2D eigenvalue weighted by molar-refractivity contribution is -0.141. The maximum absolute atomic E-state index is 14.2. The molecule has 304 valence electrons. The van der Waals surface area contributed by atoms with Crippen LogP contribution in [0.2, 0.25) is 0 Å². The molecule has 3 aromatic carbocycles. The maximum atomic E-state index is 14.2. The van der Waals surface area contributed by atoms with Crippen LogP contribution in [-0.4, -0.2) is 89.8 Å². The predicted octanol–water partition coefficient (Wildman–Crippen LogP) is 7.71. The summed E-state index contributed by atoms with van der Waals surface area (Å²) in [5, 5.41) is 1.83. The lowest BCUT2D eigenvalue weighted by Gasteiger charge is -2.34. The fourth-order valence-corrected chi connectivity index (χ4v) is 9.11. The molecule has 0 radical (unpaired) electrons. The number of primary amides is 1. The van der Waals surface area contributed by atoms with E-state index in [1.54, 1.807) is 16.6 Å². The summed E-state index contributed by atoms with van der Waals surface area (Å²) in [6, 6.07) is 26.1. The summed E-state index contributed by atoms with van der Waals surface area (Å²) in [7, 11) is 0. The number of likely N-dealkylation sites (tertiary alicyclic amines) is 2. The molecule has 0 spiro atoms. The first-order valence-electron chi connectivity index (χ1n) is 20.3. The van der Waals surface area contributed by atoms with Gasteiger partial charge in [-0.2, -0.15) is 0 Å². The number of hydrogen-bond donors (Lipinski definition) is 3. The van der Waals surface area contributed by atoms with Gasteiger partial charge in [0, 0.05) is 24.9 Å². The number of imidazole rings is 2. The van der Waals surface area contributed by atoms with E-state index >= 15 is 0 Å². The molecule has 2 unspecified atom stereocenters. The zero-order valence-electron chi connectivity index (χ0n) is 33.3. The smallest absolute Gasteiger partial charge is 0.405 e. The second-order valence-electron chi connectivity index (χ2n) is 15.0. The van der Waals surface area contributed by atoms with Crippen molar-refractivity contribution in [3.8, 4) is 33.6 Å². The Balaban J connectivity index is 0.924. The highest BCUT2D eigenvalue weighted by molar-refractivity contribution is 7.07. The van der Waals surface area contributed by atoms with Crippen molar-refractivity contribution in [3.05, 3.63) is 125 Å². The molecule has 3 amide bonds. The van der Waals surface area contributed by atoms with Crippen molar-refractivity contribution in [1.82, 2.24) is 39.6 Å². The Hall–Kier alpha value is -6.12. The lowest BCUT2D eigenvalue weighted by atomic mass is 10.0. The molecule has 4 atom stereocenters. The number of amides is 3. The Labute approximate surface area is 347 Å². The number of carbonyl (C=O) groups is 3. The van der Waals surface area contributed by atoms with Crippen molar-refractivity contribution in [2.75, 3.05) is 26.2 Å². The first kappa shape index (κ1) is 39.7. The number of nitrogens with zero attached hydrogens (tertiary/aromatic N) is 6. The Morgan fingerprint density at radius 1 is 0.763 bits per heavy atom. The second-order valence-corrected chi connectivity index (χ2v) is 15.8. The molecule has 4 N–H and O–H groups in total. The van der Waals surface area contributed by atoms with E-state index in [2.05, 4.69) is 99.3 Å². The third kappa shape index (κ3) is 8.55. The number of thiazole rings is 1. The van der Waals surface area contributed by atoms with Crippen LogP contribution < -0.4 is 5.73 Å². The van der Waals surface area contributed by atoms with E-state index in [0.29, 0.717) is 24.6 Å². The van der Waals surface area contributed by atoms with Crippen LogP contribution in [0.3, 0.4) is 0 Å². The van der Waals surface area contributed by atoms with Crippen LogP contribution >= 0.6 is 11.3 Å². The van der Waals surface area contributed by atoms with Crippen LogP contribution in [0.5, 0.6) is 0 Å². The van der Waals surface area contributed by atoms with Gasteiger partial charge in [0.15, 0.2) is 6.10 Å². The summed E-state index contributed by atoms with van der Waals surface area (Å²) >= 11 is 1.41. The molecular formula is C45H49N9O4S. The molecule has 0 saturated carbocycles. The number of nitrogens with one attached hydrogen (secondary N) is 2. The number of H-pyrrole nitrogens is 2. The molecule has 2 saturated heterocycles. The SMILES string of the molecule is CCN(CC)C(C(=O)N1CCCC1c1ncc(-c2ccc(-c3ccc(-c4cnc([C@@H]5CCCN5C(=O)[C@H](Cc5cscn5)OC(N)=O)[nH]4)cc3)cc2)[nH]1)c1ccccc1. The van der Waals surface area contributed by atoms with Crippen molar-refractivity contribution in [2.24, 2.45) is 5.73 Å². The first-order valence-corrected chi connectivity index (χ1v) is 21.3. The van der Waals surface area contributed by atoms with Crippen LogP contribution in [0.4, 0.5) is 4.79 Å². The minimum Gasteiger partial charge on any atom is -0.436 e. The van der Waals surface area contributed by atoms with Crippen molar-refractivity contribution >= 4 is 29.2 Å². The van der Waals surface area contributed by atoms with E-state index in [-0.39, 0.29) is 36.4 Å². The van der Waals surface area contributed by atoms with E-state index in [1.165, 1.54) is 11.3 Å². The molecule has 5 heterocycles. The minimum absolute atomic E-state index is 0.101. The van der Waals surface area contributed by atoms with Gasteiger partial charge in [0.1, 0.15) is 17.7 Å². The fourth-order valence-electron chi connectivity index (χ4n) is 8.54. The fraction of sp³-hybridized carbons (Fsp3) is 0.333. The molecule has 2 fully saturated rings. The Kier molecular flexibility index (Phi) is 12.0. The number of benzene rings is 3. The Morgan fingerprint density at radius 3 is 1.78 bits per heavy atom. The molecule has 0 aliphatic carbocycles. The van der Waals surface area contributed by atoms with E-state index in [0.717, 1.165) is 83.8 Å². The zero-order chi connectivity index (χ0) is 40.9. The van der Waals surface area contributed by atoms with E-state index in [1.807, 2.05) is 34.7 Å². The standard InChI is InChI=1S/C45H49N9O4S/c1-3-52(4-2)40(33-10-6-5-7-11-33)44(56)54-23-9-13-38(54)42-48-26-36(51-42)32-20-16-30(17-21-32)29-14-18-31(19-15-29)35-25-47-41(50-35)37-12-8-22-53(37)43(55)39(58-45(46)57)24-34-27-59-28-49-34/h5-7,10-11,14-21,25-28,37-40H,3-4,8-9,12-13,22-24H2,1-2H3,(H2,46,57)(H,47,50)(H,48,51)/t37-,38?,39-,40?/m0/s1. The lowest BCUT2D eigenvalue weighted by Crippen LogP contribution is -2.43. The van der Waals surface area contributed by atoms with Crippen LogP contribution in [0, 0.1) is 0 Å². The van der Waals surface area contributed by atoms with E-state index in [4.69, 9.17) is 15.5 Å². The zero-order valence-corrected chi connectivity index (χ0v) is 34.1. The molecule has 2 aliphatic heterocycles. The average Bonchev–Trinajstić information content (AvgIpc) is 4.12. The monoisotopic (exact) mass is 811 g/mol. The maximum Gasteiger partial charge on any atom is 0.405 e. The third-order valence-electron chi connectivity index (χ3n) is 11.6. The topological polar surface area (TPSA) is 166 Å². The predicted molar refractivity (Wildman–Crippen MR) is 227 cm³/mol. The number of rotatable bonds is 14. The van der Waals surface area contributed by atoms with Gasteiger partial charge >= 0.3 is 6.09 Å². The summed E-state index contributed by atoms with van der Waals surface area (Å²) in [5.74, 6) is 1.32. The van der Waals surface area contributed by atoms with Gasteiger partial charge in [0.2, 0.25) is 5.91 Å². The van der Waals surface area contributed by atoms with Gasteiger partial charge in [0.25, 0.3) is 5.91 Å². The highest BCUT2D eigenvalue weighted by atomic mass is 32.1. The number of hydrogen-bond acceptors (Lipinski definition) is 9. The molecule has 59 heavy (non-hydrogen) atoms. The molecular weight excluding hydrogens is 763 g/mol. The number of likely N-dealkylation sites (N-methyl/N-ethyl adjacent to an activating group) is 1. The van der Waals surface area contributed by atoms with Gasteiger partial charge in [-0.25, -0.2) is 19.7 Å². The highest BCUT2D eigenvalue weighted by Crippen LogP contribution is 2.37. The summed E-state index contributed by atoms with van der Waals surface area (Å²) in [4.78, 5) is 66.2. The number of carbonyl (C=O) groups excluding carboxylic acids is 3. The average molecular weight is 812 g/mol. The molecule has 14 heteroatoms. The van der Waals surface area contributed by atoms with Gasteiger partial charge in [-0.05, 0) is 66.6 Å². The number of aromatic nitrogens is 5. The molecule has 6 aromatic rings. The van der Waals surface area contributed by atoms with Gasteiger partial charge in [0.05, 0.1) is 47.1 Å². The van der Waals surface area contributed by atoms with Crippen molar-refractivity contribution < 1.29 is 19.1 Å². The number of aromatic amines is 2. The molecule has 3 aromatic heterocycles. The summed E-state index contributed by atoms with van der Waals surface area (Å²) in [6.07, 6.45) is 5.11. The number of nitrogens with two attached hydrogens (primary N) is 1. The minimum atomic E-state index is -1.06. The normalized spacial score (nSPS) is 17.7. The molecule has 0 bridgehead atoms. The van der Waals surface area contributed by atoms with Crippen LogP contribution in [0.1, 0.15) is 80.6 Å². The largest absolute Gasteiger partial charge is 0.436 e. The van der Waals surface area contributed by atoms with Crippen LogP contribution in [0.15, 0.2) is 102 Å². The summed E-state index contributed by atoms with van der Waals surface area (Å²) in [6.45, 7) is 7.03. The molecule has 13 nitrogen and oxygen atoms in total. The number of ether oxygens (including phenoxy) is 1. The van der Waals surface area contributed by atoms with Gasteiger partial charge in [-0.1, -0.05) is 92.7 Å².